The van der Waals surface area contributed by atoms with Crippen LogP contribution in [0.5, 0.6) is 5.75 Å². The fourth-order valence-electron chi connectivity index (χ4n) is 3.04. The van der Waals surface area contributed by atoms with E-state index in [9.17, 15) is 8.42 Å². The van der Waals surface area contributed by atoms with Gasteiger partial charge in [0.1, 0.15) is 16.2 Å². The van der Waals surface area contributed by atoms with Crippen LogP contribution in [-0.4, -0.2) is 31.4 Å². The third kappa shape index (κ3) is 2.57. The van der Waals surface area contributed by atoms with Crippen molar-refractivity contribution in [3.05, 3.63) is 23.8 Å². The number of para-hydroxylation sites is 1. The maximum atomic E-state index is 12.9. The number of nitrogens with zero attached hydrogens (tertiary/aromatic N) is 1. The van der Waals surface area contributed by atoms with E-state index in [0.29, 0.717) is 16.6 Å². The topological polar surface area (TPSA) is 46.6 Å². The van der Waals surface area contributed by atoms with Crippen LogP contribution >= 0.6 is 0 Å². The Morgan fingerprint density at radius 1 is 1.33 bits per heavy atom. The van der Waals surface area contributed by atoms with Gasteiger partial charge in [-0.25, -0.2) is 8.42 Å². The summed E-state index contributed by atoms with van der Waals surface area (Å²) < 4.78 is 33.3. The summed E-state index contributed by atoms with van der Waals surface area (Å²) in [6.45, 7) is 5.96. The summed E-state index contributed by atoms with van der Waals surface area (Å²) >= 11 is 0. The van der Waals surface area contributed by atoms with E-state index in [1.807, 2.05) is 32.9 Å². The van der Waals surface area contributed by atoms with E-state index in [0.717, 1.165) is 24.8 Å². The number of fused-ring (bicyclic) bond motifs is 1. The molecule has 21 heavy (non-hydrogen) atoms. The minimum atomic E-state index is -3.51. The molecule has 0 amide bonds. The van der Waals surface area contributed by atoms with Gasteiger partial charge >= 0.3 is 0 Å². The lowest BCUT2D eigenvalue weighted by molar-refractivity contribution is 0.134. The van der Waals surface area contributed by atoms with Gasteiger partial charge in [0.05, 0.1) is 0 Å². The first-order chi connectivity index (χ1) is 9.72. The third-order valence-corrected chi connectivity index (χ3v) is 6.56. The predicted molar refractivity (Wildman–Crippen MR) is 82.0 cm³/mol. The molecule has 4 nitrogen and oxygen atoms in total. The molecule has 0 unspecified atom stereocenters. The van der Waals surface area contributed by atoms with Gasteiger partial charge in [-0.1, -0.05) is 12.1 Å². The molecule has 0 saturated heterocycles. The lowest BCUT2D eigenvalue weighted by Crippen LogP contribution is -2.36. The van der Waals surface area contributed by atoms with Crippen LogP contribution in [0, 0.1) is 5.92 Å². The van der Waals surface area contributed by atoms with Crippen LogP contribution < -0.4 is 4.74 Å². The molecule has 116 valence electrons. The number of rotatable bonds is 4. The summed E-state index contributed by atoms with van der Waals surface area (Å²) in [6, 6.07) is 5.46. The monoisotopic (exact) mass is 309 g/mol. The minimum absolute atomic E-state index is 0.0419. The van der Waals surface area contributed by atoms with Crippen LogP contribution in [-0.2, 0) is 16.4 Å². The summed E-state index contributed by atoms with van der Waals surface area (Å²) in [4.78, 5) is 0.306. The first kappa shape index (κ1) is 14.9. The zero-order valence-corrected chi connectivity index (χ0v) is 13.9. The molecule has 1 saturated carbocycles. The van der Waals surface area contributed by atoms with Gasteiger partial charge in [-0.3, -0.25) is 0 Å². The van der Waals surface area contributed by atoms with Crippen molar-refractivity contribution in [2.45, 2.75) is 56.6 Å². The van der Waals surface area contributed by atoms with E-state index in [2.05, 4.69) is 0 Å². The Morgan fingerprint density at radius 3 is 2.62 bits per heavy atom. The standard InChI is InChI=1S/C16H23NO3S/c1-11(12-8-9-12)17(4)21(18,19)14-7-5-6-13-10-16(2,3)20-15(13)14/h5-7,11-12H,8-10H2,1-4H3/t11-/m0/s1. The molecule has 0 radical (unpaired) electrons. The Balaban J connectivity index is 1.99. The number of benzene rings is 1. The van der Waals surface area contributed by atoms with Gasteiger partial charge in [-0.05, 0) is 51.2 Å². The fourth-order valence-corrected chi connectivity index (χ4v) is 4.62. The number of hydrogen-bond acceptors (Lipinski definition) is 3. The Bertz CT molecular complexity index is 662. The van der Waals surface area contributed by atoms with Gasteiger partial charge in [0.25, 0.3) is 0 Å². The molecule has 1 fully saturated rings. The van der Waals surface area contributed by atoms with Crippen molar-refractivity contribution in [1.29, 1.82) is 0 Å². The van der Waals surface area contributed by atoms with Crippen molar-refractivity contribution in [3.63, 3.8) is 0 Å². The molecule has 2 aliphatic rings. The summed E-state index contributed by atoms with van der Waals surface area (Å²) in [5.41, 5.74) is 0.641. The summed E-state index contributed by atoms with van der Waals surface area (Å²) in [5, 5.41) is 0. The van der Waals surface area contributed by atoms with E-state index in [1.54, 1.807) is 13.1 Å². The SMILES string of the molecule is C[C@@H](C1CC1)N(C)S(=O)(=O)c1cccc2c1OC(C)(C)C2. The van der Waals surface area contributed by atoms with Crippen molar-refractivity contribution in [2.75, 3.05) is 7.05 Å². The normalized spacial score (nSPS) is 22.0. The number of sulfonamides is 1. The summed E-state index contributed by atoms with van der Waals surface area (Å²) in [7, 11) is -1.83. The average molecular weight is 309 g/mol. The smallest absolute Gasteiger partial charge is 0.246 e. The summed E-state index contributed by atoms with van der Waals surface area (Å²) in [6.07, 6.45) is 2.99. The highest BCUT2D eigenvalue weighted by Crippen LogP contribution is 2.42. The molecule has 0 bridgehead atoms. The van der Waals surface area contributed by atoms with Crippen LogP contribution in [0.1, 0.15) is 39.2 Å². The largest absolute Gasteiger partial charge is 0.486 e. The predicted octanol–water partition coefficient (Wildman–Crippen LogP) is 2.82. The lowest BCUT2D eigenvalue weighted by atomic mass is 10.0. The molecular weight excluding hydrogens is 286 g/mol. The Kier molecular flexibility index (Phi) is 3.33. The Hall–Kier alpha value is -1.07. The molecule has 1 aromatic rings. The zero-order valence-electron chi connectivity index (χ0n) is 13.1. The van der Waals surface area contributed by atoms with Crippen molar-refractivity contribution in [1.82, 2.24) is 4.31 Å². The van der Waals surface area contributed by atoms with Crippen LogP contribution in [0.2, 0.25) is 0 Å². The quantitative estimate of drug-likeness (QED) is 0.859. The Morgan fingerprint density at radius 2 is 2.00 bits per heavy atom. The molecule has 5 heteroatoms. The number of hydrogen-bond donors (Lipinski definition) is 0. The second kappa shape index (κ2) is 4.71. The highest BCUT2D eigenvalue weighted by molar-refractivity contribution is 7.89. The van der Waals surface area contributed by atoms with Crippen molar-refractivity contribution >= 4 is 10.0 Å². The van der Waals surface area contributed by atoms with Gasteiger partial charge in [0.15, 0.2) is 0 Å². The minimum Gasteiger partial charge on any atom is -0.486 e. The van der Waals surface area contributed by atoms with E-state index in [1.165, 1.54) is 4.31 Å². The highest BCUT2D eigenvalue weighted by Gasteiger charge is 2.40. The average Bonchev–Trinajstić information content (AvgIpc) is 3.18. The molecular formula is C16H23NO3S. The summed E-state index contributed by atoms with van der Waals surface area (Å²) in [5.74, 6) is 1.04. The molecule has 1 heterocycles. The first-order valence-electron chi connectivity index (χ1n) is 7.51. The van der Waals surface area contributed by atoms with Crippen molar-refractivity contribution in [3.8, 4) is 5.75 Å². The molecule has 0 spiro atoms. The van der Waals surface area contributed by atoms with E-state index in [4.69, 9.17) is 4.74 Å². The highest BCUT2D eigenvalue weighted by atomic mass is 32.2. The van der Waals surface area contributed by atoms with Crippen LogP contribution in [0.25, 0.3) is 0 Å². The zero-order chi connectivity index (χ0) is 15.4. The van der Waals surface area contributed by atoms with E-state index < -0.39 is 10.0 Å². The van der Waals surface area contributed by atoms with Crippen LogP contribution in [0.4, 0.5) is 0 Å². The molecule has 3 rings (SSSR count). The Labute approximate surface area is 127 Å². The molecule has 1 aliphatic heterocycles. The third-order valence-electron chi connectivity index (χ3n) is 4.59. The van der Waals surface area contributed by atoms with Gasteiger partial charge in [-0.2, -0.15) is 4.31 Å². The van der Waals surface area contributed by atoms with Gasteiger partial charge in [-0.15, -0.1) is 0 Å². The van der Waals surface area contributed by atoms with Crippen LogP contribution in [0.15, 0.2) is 23.1 Å². The molecule has 1 aromatic carbocycles. The molecule has 0 aromatic heterocycles. The second-order valence-electron chi connectivity index (χ2n) is 6.88. The lowest BCUT2D eigenvalue weighted by Gasteiger charge is -2.25. The maximum absolute atomic E-state index is 12.9. The second-order valence-corrected chi connectivity index (χ2v) is 8.85. The van der Waals surface area contributed by atoms with Gasteiger partial charge in [0.2, 0.25) is 10.0 Å². The van der Waals surface area contributed by atoms with Crippen LogP contribution in [0.3, 0.4) is 0 Å². The van der Waals surface area contributed by atoms with Crippen molar-refractivity contribution < 1.29 is 13.2 Å². The van der Waals surface area contributed by atoms with E-state index in [-0.39, 0.29) is 11.6 Å². The van der Waals surface area contributed by atoms with Gasteiger partial charge < -0.3 is 4.74 Å². The molecule has 1 aliphatic carbocycles. The molecule has 1 atom stereocenters. The maximum Gasteiger partial charge on any atom is 0.246 e. The first-order valence-corrected chi connectivity index (χ1v) is 8.95. The fraction of sp³-hybridized carbons (Fsp3) is 0.625. The van der Waals surface area contributed by atoms with Crippen molar-refractivity contribution in [2.24, 2.45) is 5.92 Å². The number of ether oxygens (including phenoxy) is 1. The van der Waals surface area contributed by atoms with Gasteiger partial charge in [0, 0.05) is 19.5 Å². The van der Waals surface area contributed by atoms with E-state index >= 15 is 0 Å². The molecule has 0 N–H and O–H groups in total.